The SMILES string of the molecule is O=C1C(=Cc2ccc(N(c3ccc4ccccc4c3)c3ncccn3)[se]2)C(=O)c2cc3ccccc3cc21.O=C1C(=Cc2ccc(N(c3ccccc3)c3ncc4ccccc4n3)[se]2)C(=O)c2cc3ccccc3cc21.O=C1C(=Cc2ccc(N(c3ccccc3)c3ncc4ccccc4n3)[se]2)C(=O)c2ccccc21.O=C1C(=Cc2ccc(N(c3ccccc3)c3ncccn3)[se]2)C(=O)c2cc3ccccc3cc21. The maximum absolute atomic E-state index is 13.3. The number of rotatable bonds is 16. The van der Waals surface area contributed by atoms with Crippen molar-refractivity contribution >= 4 is 258 Å². The zero-order valence-corrected chi connectivity index (χ0v) is 82.7. The van der Waals surface area contributed by atoms with E-state index < -0.39 is 0 Å². The number of anilines is 12. The van der Waals surface area contributed by atoms with Crippen molar-refractivity contribution in [3.8, 4) is 0 Å². The van der Waals surface area contributed by atoms with Gasteiger partial charge in [-0.1, -0.05) is 0 Å². The van der Waals surface area contributed by atoms with Gasteiger partial charge in [0, 0.05) is 0 Å². The minimum absolute atomic E-state index is 0.137. The fourth-order valence-electron chi connectivity index (χ4n) is 17.9. The summed E-state index contributed by atoms with van der Waals surface area (Å²) in [5.74, 6) is 0.658. The second-order valence-corrected chi connectivity index (χ2v) is 43.0. The molecule has 20 nitrogen and oxygen atoms in total. The Morgan fingerprint density at radius 2 is 0.431 bits per heavy atom. The van der Waals surface area contributed by atoms with Crippen LogP contribution in [0.15, 0.2) is 436 Å². The molecular formula is C120H72N12O8Se4. The first kappa shape index (κ1) is 90.3. The number of carbonyl (C=O) groups excluding carboxylic acids is 8. The summed E-state index contributed by atoms with van der Waals surface area (Å²) in [6.45, 7) is 0. The van der Waals surface area contributed by atoms with Gasteiger partial charge in [0.1, 0.15) is 0 Å². The number of benzene rings is 14. The van der Waals surface area contributed by atoms with Crippen LogP contribution in [0, 0.1) is 0 Å². The van der Waals surface area contributed by atoms with E-state index in [1.807, 2.05) is 341 Å². The Bertz CT molecular complexity index is 8610. The Balaban J connectivity index is 0.000000106. The average Bonchev–Trinajstić information content (AvgIpc) is 1.61. The molecule has 0 radical (unpaired) electrons. The molecule has 0 fully saturated rings. The first-order valence-corrected chi connectivity index (χ1v) is 52.7. The second kappa shape index (κ2) is 39.3. The van der Waals surface area contributed by atoms with Crippen LogP contribution in [-0.4, -0.2) is 144 Å². The Morgan fingerprint density at radius 1 is 0.188 bits per heavy atom. The molecule has 0 N–H and O–H groups in total. The van der Waals surface area contributed by atoms with Gasteiger partial charge >= 0.3 is 854 Å². The van der Waals surface area contributed by atoms with E-state index in [1.165, 1.54) is 0 Å². The maximum atomic E-state index is 13.3. The first-order chi connectivity index (χ1) is 70.7. The topological polar surface area (TPSA) is 253 Å². The number of fused-ring (bicyclic) bond motifs is 10. The second-order valence-electron chi connectivity index (χ2n) is 33.8. The summed E-state index contributed by atoms with van der Waals surface area (Å²) in [7, 11) is 0. The van der Waals surface area contributed by atoms with E-state index in [2.05, 4.69) is 60.2 Å². The van der Waals surface area contributed by atoms with Crippen molar-refractivity contribution in [2.45, 2.75) is 0 Å². The zero-order valence-electron chi connectivity index (χ0n) is 75.8. The molecule has 4 aliphatic rings. The van der Waals surface area contributed by atoms with Gasteiger partial charge in [-0.2, -0.15) is 0 Å². The standard InChI is InChI=1S/2C32H19N3O2Se.2C28H17N3O2Se/c36-30-26-17-22-8-3-4-9-23(22)18-27(26)31(37)28(30)19-25-12-13-29(38-25)35(32-33-14-5-15-34-32)24-11-10-20-6-1-2-7-21(20)16-24;36-30-25-16-20-8-4-5-9-21(20)17-26(25)31(37)27(30)18-24-14-15-29(38-24)35(23-11-2-1-3-12-23)32-33-19-22-10-6-7-13-28(22)34-32;32-26-21-11-5-6-12-22(21)27(33)23(26)16-20-14-15-25(34-20)31(19-9-2-1-3-10-19)28-29-17-18-8-4-7-13-24(18)30-28;32-26-22-15-18-7-4-5-8-19(18)16-23(22)27(33)24(26)17-21-11-12-25(34-21)31(20-9-2-1-3-10-20)28-29-13-6-14-30-28/h2*1-19H;2*1-17H. The molecule has 0 saturated carbocycles. The molecule has 24 heteroatoms. The van der Waals surface area contributed by atoms with Crippen LogP contribution in [0.5, 0.6) is 0 Å². The van der Waals surface area contributed by atoms with E-state index in [0.717, 1.165) is 124 Å². The summed E-state index contributed by atoms with van der Waals surface area (Å²) in [6, 6.07) is 121. The summed E-state index contributed by atoms with van der Waals surface area (Å²) in [6.07, 6.45) is 17.6. The van der Waals surface area contributed by atoms with Crippen molar-refractivity contribution in [1.29, 1.82) is 0 Å². The van der Waals surface area contributed by atoms with Crippen LogP contribution in [0.1, 0.15) is 101 Å². The van der Waals surface area contributed by atoms with E-state index in [4.69, 9.17) is 9.97 Å². The normalized spacial score (nSPS) is 12.8. The number of carbonyl (C=O) groups is 8. The van der Waals surface area contributed by atoms with Crippen molar-refractivity contribution in [3.63, 3.8) is 0 Å². The fraction of sp³-hybridized carbons (Fsp3) is 0. The fourth-order valence-corrected chi connectivity index (χ4v) is 26.0. The van der Waals surface area contributed by atoms with Crippen molar-refractivity contribution < 1.29 is 38.4 Å². The van der Waals surface area contributed by atoms with E-state index >= 15 is 0 Å². The third kappa shape index (κ3) is 17.8. The van der Waals surface area contributed by atoms with Crippen LogP contribution in [0.4, 0.5) is 64.8 Å². The van der Waals surface area contributed by atoms with Gasteiger partial charge in [-0.25, -0.2) is 0 Å². The molecule has 0 saturated heterocycles. The van der Waals surface area contributed by atoms with Crippen molar-refractivity contribution in [2.75, 3.05) is 19.6 Å². The number of para-hydroxylation sites is 5. The van der Waals surface area contributed by atoms with Crippen LogP contribution in [0.3, 0.4) is 0 Å². The van der Waals surface area contributed by atoms with Gasteiger partial charge in [-0.3, -0.25) is 0 Å². The number of hydrogen-bond donors (Lipinski definition) is 0. The van der Waals surface area contributed by atoms with Crippen LogP contribution in [-0.2, 0) is 0 Å². The molecule has 144 heavy (non-hydrogen) atoms. The number of aromatic nitrogens is 8. The van der Waals surface area contributed by atoms with Gasteiger partial charge in [0.15, 0.2) is 0 Å². The predicted octanol–water partition coefficient (Wildman–Crippen LogP) is 24.8. The van der Waals surface area contributed by atoms with Gasteiger partial charge in [0.2, 0.25) is 0 Å². The molecule has 8 aromatic heterocycles. The first-order valence-electron chi connectivity index (χ1n) is 45.8. The molecule has 0 spiro atoms. The van der Waals surface area contributed by atoms with Crippen LogP contribution >= 0.6 is 0 Å². The molecular weight excluding hydrogens is 2050 g/mol. The van der Waals surface area contributed by atoms with Crippen LogP contribution in [0.2, 0.25) is 0 Å². The van der Waals surface area contributed by atoms with Gasteiger partial charge in [0.25, 0.3) is 0 Å². The molecule has 4 aliphatic carbocycles. The van der Waals surface area contributed by atoms with Gasteiger partial charge in [-0.15, -0.1) is 0 Å². The third-order valence-electron chi connectivity index (χ3n) is 24.9. The van der Waals surface area contributed by atoms with Gasteiger partial charge in [-0.05, 0) is 0 Å². The summed E-state index contributed by atoms with van der Waals surface area (Å²) in [4.78, 5) is 150. The molecule has 0 unspecified atom stereocenters. The quantitative estimate of drug-likeness (QED) is 0.0495. The molecule has 0 aliphatic heterocycles. The monoisotopic (exact) mass is 2130 g/mol. The van der Waals surface area contributed by atoms with Crippen molar-refractivity contribution in [3.05, 3.63) is 498 Å². The van der Waals surface area contributed by atoms with Crippen LogP contribution < -0.4 is 19.6 Å². The van der Waals surface area contributed by atoms with E-state index in [9.17, 15) is 38.4 Å². The zero-order chi connectivity index (χ0) is 97.4. The van der Waals surface area contributed by atoms with E-state index in [1.54, 1.807) is 85.5 Å². The molecule has 0 atom stereocenters. The van der Waals surface area contributed by atoms with E-state index in [-0.39, 0.29) is 127 Å². The summed E-state index contributed by atoms with van der Waals surface area (Å²) in [5, 5.41) is 9.97. The Kier molecular flexibility index (Phi) is 24.6. The average molecular weight is 2130 g/mol. The summed E-state index contributed by atoms with van der Waals surface area (Å²) < 4.78 is 7.89. The Labute approximate surface area is 847 Å². The number of nitrogens with zero attached hydrogens (tertiary/aromatic N) is 12. The molecule has 26 rings (SSSR count). The number of Topliss-reactive ketones (excluding diaryl/α,β-unsaturated/α-hetero) is 8. The van der Waals surface area contributed by atoms with Gasteiger partial charge < -0.3 is 0 Å². The number of ketones is 8. The molecule has 0 bridgehead atoms. The minimum atomic E-state index is -0.210. The molecule has 684 valence electrons. The predicted molar refractivity (Wildman–Crippen MR) is 572 cm³/mol. The third-order valence-corrected chi connectivity index (χ3v) is 33.4. The summed E-state index contributed by atoms with van der Waals surface area (Å²) >= 11 is -0.620. The van der Waals surface area contributed by atoms with E-state index in [0.29, 0.717) is 68.3 Å². The van der Waals surface area contributed by atoms with Crippen molar-refractivity contribution in [1.82, 2.24) is 39.9 Å². The number of hydrogen-bond acceptors (Lipinski definition) is 20. The molecule has 14 aromatic carbocycles. The number of allylic oxidation sites excluding steroid dienone is 4. The van der Waals surface area contributed by atoms with Crippen molar-refractivity contribution in [2.24, 2.45) is 0 Å². The van der Waals surface area contributed by atoms with Crippen LogP contribution in [0.25, 0.3) is 89.2 Å². The molecule has 22 aromatic rings. The summed E-state index contributed by atoms with van der Waals surface area (Å²) in [5.41, 5.74) is 10.3. The Morgan fingerprint density at radius 3 is 0.736 bits per heavy atom. The molecule has 8 heterocycles. The molecule has 0 amide bonds. The Hall–Kier alpha value is -17.5. The van der Waals surface area contributed by atoms with Gasteiger partial charge in [0.05, 0.1) is 0 Å².